The normalized spacial score (nSPS) is 13.6. The Balaban J connectivity index is 2.67. The lowest BCUT2D eigenvalue weighted by molar-refractivity contribution is 0.197. The molecular weight excluding hydrogens is 236 g/mol. The van der Waals surface area contributed by atoms with Crippen LogP contribution < -0.4 is 10.1 Å². The van der Waals surface area contributed by atoms with Gasteiger partial charge in [0, 0.05) is 24.7 Å². The number of nitrogens with zero attached hydrogens (tertiary/aromatic N) is 1. The monoisotopic (exact) mass is 264 g/mol. The Morgan fingerprint density at radius 1 is 1.26 bits per heavy atom. The van der Waals surface area contributed by atoms with Gasteiger partial charge in [-0.2, -0.15) is 0 Å². The fourth-order valence-corrected chi connectivity index (χ4v) is 2.30. The summed E-state index contributed by atoms with van der Waals surface area (Å²) in [5.74, 6) is 0.964. The largest absolute Gasteiger partial charge is 0.496 e. The standard InChI is InChI=1S/C16H28N2O/c1-16(2,3)15(17-4)12-18(5)11-13-9-7-8-10-14(13)19-6/h7-10,15,17H,11-12H2,1-6H3. The summed E-state index contributed by atoms with van der Waals surface area (Å²) in [6.07, 6.45) is 0. The van der Waals surface area contributed by atoms with Crippen molar-refractivity contribution < 1.29 is 4.74 Å². The number of hydrogen-bond donors (Lipinski definition) is 1. The second kappa shape index (κ2) is 6.92. The maximum absolute atomic E-state index is 5.40. The van der Waals surface area contributed by atoms with Gasteiger partial charge in [0.05, 0.1) is 7.11 Å². The van der Waals surface area contributed by atoms with E-state index in [9.17, 15) is 0 Å². The van der Waals surface area contributed by atoms with Gasteiger partial charge < -0.3 is 15.0 Å². The third-order valence-electron chi connectivity index (χ3n) is 3.52. The molecule has 0 bridgehead atoms. The number of hydrogen-bond acceptors (Lipinski definition) is 3. The zero-order chi connectivity index (χ0) is 14.5. The molecule has 3 heteroatoms. The number of methoxy groups -OCH3 is 1. The predicted molar refractivity (Wildman–Crippen MR) is 81.6 cm³/mol. The molecule has 0 amide bonds. The molecule has 19 heavy (non-hydrogen) atoms. The van der Waals surface area contributed by atoms with Gasteiger partial charge in [0.2, 0.25) is 0 Å². The van der Waals surface area contributed by atoms with Gasteiger partial charge in [-0.3, -0.25) is 0 Å². The van der Waals surface area contributed by atoms with Crippen LogP contribution in [0.5, 0.6) is 5.75 Å². The summed E-state index contributed by atoms with van der Waals surface area (Å²) >= 11 is 0. The molecule has 0 saturated heterocycles. The van der Waals surface area contributed by atoms with Gasteiger partial charge in [-0.1, -0.05) is 39.0 Å². The third kappa shape index (κ3) is 4.84. The maximum atomic E-state index is 5.40. The minimum atomic E-state index is 0.254. The van der Waals surface area contributed by atoms with Crippen LogP contribution in [-0.2, 0) is 6.54 Å². The summed E-state index contributed by atoms with van der Waals surface area (Å²) in [6.45, 7) is 8.72. The molecular formula is C16H28N2O. The number of rotatable bonds is 6. The maximum Gasteiger partial charge on any atom is 0.123 e. The summed E-state index contributed by atoms with van der Waals surface area (Å²) in [6, 6.07) is 8.68. The highest BCUT2D eigenvalue weighted by Gasteiger charge is 2.24. The number of nitrogens with one attached hydrogen (secondary N) is 1. The quantitative estimate of drug-likeness (QED) is 0.855. The highest BCUT2D eigenvalue weighted by Crippen LogP contribution is 2.22. The molecule has 108 valence electrons. The first-order valence-electron chi connectivity index (χ1n) is 6.86. The highest BCUT2D eigenvalue weighted by atomic mass is 16.5. The highest BCUT2D eigenvalue weighted by molar-refractivity contribution is 5.33. The molecule has 0 fully saturated rings. The Bertz CT molecular complexity index is 385. The van der Waals surface area contributed by atoms with Crippen LogP contribution in [0.4, 0.5) is 0 Å². The van der Waals surface area contributed by atoms with Gasteiger partial charge in [-0.05, 0) is 25.6 Å². The van der Waals surface area contributed by atoms with E-state index in [0.29, 0.717) is 6.04 Å². The number of benzene rings is 1. The van der Waals surface area contributed by atoms with Crippen molar-refractivity contribution in [1.82, 2.24) is 10.2 Å². The molecule has 0 aliphatic heterocycles. The van der Waals surface area contributed by atoms with E-state index in [4.69, 9.17) is 4.74 Å². The Morgan fingerprint density at radius 3 is 2.42 bits per heavy atom. The first kappa shape index (κ1) is 16.0. The molecule has 0 aliphatic rings. The molecule has 3 nitrogen and oxygen atoms in total. The van der Waals surface area contributed by atoms with Crippen molar-refractivity contribution in [3.63, 3.8) is 0 Å². The Hall–Kier alpha value is -1.06. The van der Waals surface area contributed by atoms with Crippen molar-refractivity contribution in [1.29, 1.82) is 0 Å². The first-order chi connectivity index (χ1) is 8.88. The number of para-hydroxylation sites is 1. The van der Waals surface area contributed by atoms with Crippen molar-refractivity contribution in [3.05, 3.63) is 29.8 Å². The summed E-state index contributed by atoms with van der Waals surface area (Å²) in [4.78, 5) is 2.34. The van der Waals surface area contributed by atoms with E-state index in [1.54, 1.807) is 7.11 Å². The van der Waals surface area contributed by atoms with Gasteiger partial charge in [-0.25, -0.2) is 0 Å². The van der Waals surface area contributed by atoms with E-state index >= 15 is 0 Å². The second-order valence-corrected chi connectivity index (χ2v) is 6.22. The van der Waals surface area contributed by atoms with E-state index in [0.717, 1.165) is 18.8 Å². The van der Waals surface area contributed by atoms with Crippen LogP contribution in [0.15, 0.2) is 24.3 Å². The average molecular weight is 264 g/mol. The van der Waals surface area contributed by atoms with Crippen LogP contribution in [0.2, 0.25) is 0 Å². The van der Waals surface area contributed by atoms with Crippen LogP contribution in [0.25, 0.3) is 0 Å². The van der Waals surface area contributed by atoms with E-state index in [1.165, 1.54) is 5.56 Å². The predicted octanol–water partition coefficient (Wildman–Crippen LogP) is 2.76. The molecule has 0 radical (unpaired) electrons. The summed E-state index contributed by atoms with van der Waals surface area (Å²) in [5, 5.41) is 3.41. The van der Waals surface area contributed by atoms with Crippen molar-refractivity contribution >= 4 is 0 Å². The Kier molecular flexibility index (Phi) is 5.83. The zero-order valence-electron chi connectivity index (χ0n) is 13.2. The summed E-state index contributed by atoms with van der Waals surface area (Å²) < 4.78 is 5.40. The lowest BCUT2D eigenvalue weighted by Gasteiger charge is -2.34. The van der Waals surface area contributed by atoms with Gasteiger partial charge in [0.15, 0.2) is 0 Å². The van der Waals surface area contributed by atoms with E-state index in [1.807, 2.05) is 19.2 Å². The molecule has 1 aromatic rings. The average Bonchev–Trinajstić information content (AvgIpc) is 2.35. The van der Waals surface area contributed by atoms with E-state index in [2.05, 4.69) is 50.2 Å². The molecule has 1 atom stereocenters. The number of ether oxygens (including phenoxy) is 1. The van der Waals surface area contributed by atoms with Crippen molar-refractivity contribution in [3.8, 4) is 5.75 Å². The lowest BCUT2D eigenvalue weighted by Crippen LogP contribution is -2.46. The van der Waals surface area contributed by atoms with Crippen LogP contribution in [0.3, 0.4) is 0 Å². The second-order valence-electron chi connectivity index (χ2n) is 6.22. The molecule has 0 spiro atoms. The van der Waals surface area contributed by atoms with Gasteiger partial charge >= 0.3 is 0 Å². The van der Waals surface area contributed by atoms with E-state index in [-0.39, 0.29) is 5.41 Å². The Labute approximate surface area is 118 Å². The Morgan fingerprint density at radius 2 is 1.89 bits per heavy atom. The van der Waals surface area contributed by atoms with Crippen molar-refractivity contribution in [2.45, 2.75) is 33.4 Å². The fourth-order valence-electron chi connectivity index (χ4n) is 2.30. The zero-order valence-corrected chi connectivity index (χ0v) is 13.2. The summed E-state index contributed by atoms with van der Waals surface area (Å²) in [7, 11) is 5.92. The van der Waals surface area contributed by atoms with Gasteiger partial charge in [0.25, 0.3) is 0 Å². The smallest absolute Gasteiger partial charge is 0.123 e. The molecule has 0 aromatic heterocycles. The molecule has 0 aliphatic carbocycles. The molecule has 1 aromatic carbocycles. The SMILES string of the molecule is CNC(CN(C)Cc1ccccc1OC)C(C)(C)C. The van der Waals surface area contributed by atoms with Crippen LogP contribution in [0.1, 0.15) is 26.3 Å². The third-order valence-corrected chi connectivity index (χ3v) is 3.52. The number of likely N-dealkylation sites (N-methyl/N-ethyl adjacent to an activating group) is 2. The lowest BCUT2D eigenvalue weighted by atomic mass is 9.86. The summed E-state index contributed by atoms with van der Waals surface area (Å²) in [5.41, 5.74) is 1.49. The molecule has 1 N–H and O–H groups in total. The van der Waals surface area contributed by atoms with Gasteiger partial charge in [-0.15, -0.1) is 0 Å². The van der Waals surface area contributed by atoms with Gasteiger partial charge in [0.1, 0.15) is 5.75 Å². The fraction of sp³-hybridized carbons (Fsp3) is 0.625. The molecule has 0 heterocycles. The van der Waals surface area contributed by atoms with Crippen molar-refractivity contribution in [2.75, 3.05) is 27.7 Å². The first-order valence-corrected chi connectivity index (χ1v) is 6.86. The van der Waals surface area contributed by atoms with Crippen LogP contribution in [0, 0.1) is 5.41 Å². The van der Waals surface area contributed by atoms with Crippen LogP contribution in [-0.4, -0.2) is 38.7 Å². The van der Waals surface area contributed by atoms with E-state index < -0.39 is 0 Å². The minimum absolute atomic E-state index is 0.254. The topological polar surface area (TPSA) is 24.5 Å². The minimum Gasteiger partial charge on any atom is -0.496 e. The van der Waals surface area contributed by atoms with Crippen LogP contribution >= 0.6 is 0 Å². The molecule has 1 rings (SSSR count). The van der Waals surface area contributed by atoms with Crippen molar-refractivity contribution in [2.24, 2.45) is 5.41 Å². The molecule has 0 saturated carbocycles. The molecule has 1 unspecified atom stereocenters.